The molecule has 0 N–H and O–H groups in total. The molecule has 3 atom stereocenters. The predicted octanol–water partition coefficient (Wildman–Crippen LogP) is 3.17. The summed E-state index contributed by atoms with van der Waals surface area (Å²) >= 11 is 6.11. The molecule has 1 aromatic rings. The number of para-hydroxylation sites is 1. The lowest BCUT2D eigenvalue weighted by Gasteiger charge is -2.33. The molecular weight excluding hydrogens is 336 g/mol. The van der Waals surface area contributed by atoms with E-state index in [1.807, 2.05) is 13.8 Å². The second-order valence-electron chi connectivity index (χ2n) is 6.90. The molecule has 4 nitrogen and oxygen atoms in total. The molecule has 2 fully saturated rings. The first-order chi connectivity index (χ1) is 10.7. The summed E-state index contributed by atoms with van der Waals surface area (Å²) in [6.45, 7) is 7.64. The van der Waals surface area contributed by atoms with E-state index < -0.39 is 32.1 Å². The molecule has 23 heavy (non-hydrogen) atoms. The van der Waals surface area contributed by atoms with Gasteiger partial charge in [-0.2, -0.15) is 8.42 Å². The minimum absolute atomic E-state index is 0.0890. The van der Waals surface area contributed by atoms with Gasteiger partial charge in [-0.05, 0) is 29.5 Å². The van der Waals surface area contributed by atoms with Gasteiger partial charge < -0.3 is 4.18 Å². The number of Topliss-reactive ketones (excluding diaryl/α,β-unsaturated/α-hetero) is 1. The number of carbonyl (C=O) groups excluding carboxylic acids is 1. The molecule has 3 rings (SSSR count). The summed E-state index contributed by atoms with van der Waals surface area (Å²) < 4.78 is 30.8. The third-order valence-corrected chi connectivity index (χ3v) is 7.65. The van der Waals surface area contributed by atoms with Crippen LogP contribution in [0.25, 0.3) is 0 Å². The molecule has 0 amide bonds. The van der Waals surface area contributed by atoms with E-state index in [2.05, 4.69) is 6.58 Å². The lowest BCUT2D eigenvalue weighted by Crippen LogP contribution is -2.40. The number of rotatable bonds is 4. The maximum absolute atomic E-state index is 12.8. The fraction of sp³-hybridized carbons (Fsp3) is 0.471. The number of alkyl halides is 1. The van der Waals surface area contributed by atoms with E-state index in [1.165, 1.54) is 0 Å². The summed E-state index contributed by atoms with van der Waals surface area (Å²) in [4.78, 5) is 12.5. The molecule has 6 heteroatoms. The summed E-state index contributed by atoms with van der Waals surface area (Å²) in [5.74, 6) is -0.216. The van der Waals surface area contributed by atoms with Crippen LogP contribution in [0.3, 0.4) is 0 Å². The topological polar surface area (TPSA) is 60.4 Å². The minimum Gasteiger partial charge on any atom is -0.382 e. The highest BCUT2D eigenvalue weighted by Crippen LogP contribution is 2.67. The first-order valence-corrected chi connectivity index (χ1v) is 9.46. The van der Waals surface area contributed by atoms with Crippen molar-refractivity contribution in [3.8, 4) is 5.75 Å². The molecule has 2 bridgehead atoms. The van der Waals surface area contributed by atoms with Crippen LogP contribution in [0.2, 0.25) is 0 Å². The van der Waals surface area contributed by atoms with Crippen molar-refractivity contribution in [3.63, 3.8) is 0 Å². The molecule has 0 spiro atoms. The molecular formula is C17H19ClO4S. The van der Waals surface area contributed by atoms with Crippen LogP contribution >= 0.6 is 11.6 Å². The van der Waals surface area contributed by atoms with Crippen LogP contribution in [-0.2, 0) is 14.9 Å². The summed E-state index contributed by atoms with van der Waals surface area (Å²) in [5.41, 5.74) is -1.08. The van der Waals surface area contributed by atoms with E-state index >= 15 is 0 Å². The van der Waals surface area contributed by atoms with Gasteiger partial charge in [0.05, 0.1) is 5.41 Å². The van der Waals surface area contributed by atoms with Crippen LogP contribution in [0, 0.1) is 16.7 Å². The second kappa shape index (κ2) is 5.08. The van der Waals surface area contributed by atoms with Crippen LogP contribution in [0.5, 0.6) is 5.75 Å². The Kier molecular flexibility index (Phi) is 3.65. The van der Waals surface area contributed by atoms with Crippen LogP contribution in [0.15, 0.2) is 42.5 Å². The van der Waals surface area contributed by atoms with E-state index in [1.54, 1.807) is 30.3 Å². The van der Waals surface area contributed by atoms with Crippen molar-refractivity contribution < 1.29 is 17.4 Å². The van der Waals surface area contributed by atoms with Gasteiger partial charge >= 0.3 is 10.1 Å². The molecule has 0 aromatic heterocycles. The largest absolute Gasteiger partial charge is 0.382 e. The van der Waals surface area contributed by atoms with Gasteiger partial charge in [0, 0.05) is 11.8 Å². The van der Waals surface area contributed by atoms with Gasteiger partial charge in [-0.25, -0.2) is 0 Å². The number of ketones is 1. The Hall–Kier alpha value is -1.33. The van der Waals surface area contributed by atoms with Gasteiger partial charge in [0.25, 0.3) is 0 Å². The number of hydrogen-bond donors (Lipinski definition) is 0. The third kappa shape index (κ3) is 2.09. The SMILES string of the molecule is C=C1C(=O)C2(CCl)CC(S(=O)(=O)Oc3ccccc3)C1C2(C)C. The van der Waals surface area contributed by atoms with Crippen molar-refractivity contribution in [3.05, 3.63) is 42.5 Å². The maximum atomic E-state index is 12.8. The summed E-state index contributed by atoms with van der Waals surface area (Å²) in [6.07, 6.45) is 0.182. The molecule has 0 radical (unpaired) electrons. The molecule has 0 saturated heterocycles. The van der Waals surface area contributed by atoms with Crippen LogP contribution in [-0.4, -0.2) is 25.3 Å². The van der Waals surface area contributed by atoms with Gasteiger partial charge in [-0.1, -0.05) is 38.6 Å². The molecule has 0 aliphatic heterocycles. The highest BCUT2D eigenvalue weighted by atomic mass is 35.5. The maximum Gasteiger partial charge on any atom is 0.312 e. The molecule has 2 saturated carbocycles. The van der Waals surface area contributed by atoms with E-state index in [0.29, 0.717) is 5.57 Å². The predicted molar refractivity (Wildman–Crippen MR) is 89.0 cm³/mol. The van der Waals surface area contributed by atoms with Gasteiger partial charge in [0.2, 0.25) is 0 Å². The number of allylic oxidation sites excluding steroid dienone is 1. The van der Waals surface area contributed by atoms with Crippen molar-refractivity contribution in [2.24, 2.45) is 16.7 Å². The Morgan fingerprint density at radius 1 is 1.30 bits per heavy atom. The lowest BCUT2D eigenvalue weighted by atomic mass is 9.70. The van der Waals surface area contributed by atoms with Gasteiger partial charge in [0.15, 0.2) is 5.78 Å². The Labute approximate surface area is 141 Å². The highest BCUT2D eigenvalue weighted by Gasteiger charge is 2.72. The van der Waals surface area contributed by atoms with Crippen molar-refractivity contribution in [2.45, 2.75) is 25.5 Å². The summed E-state index contributed by atoms with van der Waals surface area (Å²) in [7, 11) is -3.89. The van der Waals surface area contributed by atoms with Gasteiger partial charge in [-0.3, -0.25) is 4.79 Å². The van der Waals surface area contributed by atoms with E-state index in [-0.39, 0.29) is 23.8 Å². The van der Waals surface area contributed by atoms with Gasteiger partial charge in [0.1, 0.15) is 11.0 Å². The average molecular weight is 355 g/mol. The number of carbonyl (C=O) groups is 1. The fourth-order valence-corrected chi connectivity index (χ4v) is 6.61. The third-order valence-electron chi connectivity index (χ3n) is 5.59. The smallest absolute Gasteiger partial charge is 0.312 e. The van der Waals surface area contributed by atoms with Crippen molar-refractivity contribution in [1.82, 2.24) is 0 Å². The zero-order valence-electron chi connectivity index (χ0n) is 13.1. The number of halogens is 1. The second-order valence-corrected chi connectivity index (χ2v) is 8.93. The van der Waals surface area contributed by atoms with Crippen molar-refractivity contribution in [2.75, 3.05) is 5.88 Å². The van der Waals surface area contributed by atoms with E-state index in [9.17, 15) is 13.2 Å². The zero-order valence-corrected chi connectivity index (χ0v) is 14.7. The Balaban J connectivity index is 2.00. The average Bonchev–Trinajstić information content (AvgIpc) is 2.81. The number of hydrogen-bond acceptors (Lipinski definition) is 4. The van der Waals surface area contributed by atoms with E-state index in [4.69, 9.17) is 15.8 Å². The molecule has 124 valence electrons. The highest BCUT2D eigenvalue weighted by molar-refractivity contribution is 7.87. The normalized spacial score (nSPS) is 32.3. The molecule has 1 aromatic carbocycles. The minimum atomic E-state index is -3.89. The quantitative estimate of drug-likeness (QED) is 0.473. The zero-order chi connectivity index (χ0) is 17.0. The Bertz CT molecular complexity index is 769. The Morgan fingerprint density at radius 2 is 1.91 bits per heavy atom. The first-order valence-electron chi connectivity index (χ1n) is 7.45. The van der Waals surface area contributed by atoms with Crippen molar-refractivity contribution in [1.29, 1.82) is 0 Å². The standard InChI is InChI=1S/C17H19ClO4S/c1-11-14-13(9-17(10-18,15(11)19)16(14,2)3)23(20,21)22-12-7-5-4-6-8-12/h4-8,13-14H,1,9-10H2,2-3H3. The Morgan fingerprint density at radius 3 is 2.43 bits per heavy atom. The van der Waals surface area contributed by atoms with Gasteiger partial charge in [-0.15, -0.1) is 11.6 Å². The summed E-state index contributed by atoms with van der Waals surface area (Å²) in [6, 6.07) is 8.38. The first kappa shape index (κ1) is 16.5. The van der Waals surface area contributed by atoms with Crippen LogP contribution in [0.1, 0.15) is 20.3 Å². The summed E-state index contributed by atoms with van der Waals surface area (Å²) in [5, 5.41) is -0.804. The van der Waals surface area contributed by atoms with E-state index in [0.717, 1.165) is 0 Å². The fourth-order valence-electron chi connectivity index (χ4n) is 4.21. The molecule has 2 aliphatic carbocycles. The van der Waals surface area contributed by atoms with Crippen LogP contribution in [0.4, 0.5) is 0 Å². The molecule has 2 aliphatic rings. The van der Waals surface area contributed by atoms with Crippen LogP contribution < -0.4 is 4.18 Å². The van der Waals surface area contributed by atoms with Crippen molar-refractivity contribution >= 4 is 27.5 Å². The molecule has 0 heterocycles. The molecule has 3 unspecified atom stereocenters. The number of fused-ring (bicyclic) bond motifs is 2. The number of benzene rings is 1. The lowest BCUT2D eigenvalue weighted by molar-refractivity contribution is -0.125. The monoisotopic (exact) mass is 354 g/mol.